The molecule has 8 heteroatoms. The van der Waals surface area contributed by atoms with Crippen molar-refractivity contribution in [1.29, 1.82) is 0 Å². The first-order chi connectivity index (χ1) is 9.97. The number of nitro groups is 1. The Morgan fingerprint density at radius 1 is 1.33 bits per heavy atom. The van der Waals surface area contributed by atoms with E-state index in [4.69, 9.17) is 16.7 Å². The van der Waals surface area contributed by atoms with Crippen molar-refractivity contribution in [2.75, 3.05) is 37.6 Å². The largest absolute Gasteiger partial charge is 0.480 e. The second-order valence-corrected chi connectivity index (χ2v) is 5.34. The average molecular weight is 314 g/mol. The number of hydrogen-bond donors (Lipinski definition) is 1. The van der Waals surface area contributed by atoms with Gasteiger partial charge < -0.3 is 10.0 Å². The number of rotatable bonds is 4. The Kier molecular flexibility index (Phi) is 4.98. The summed E-state index contributed by atoms with van der Waals surface area (Å²) in [6, 6.07) is 4.62. The van der Waals surface area contributed by atoms with Gasteiger partial charge in [-0.25, -0.2) is 0 Å². The molecule has 1 heterocycles. The topological polar surface area (TPSA) is 86.9 Å². The summed E-state index contributed by atoms with van der Waals surface area (Å²) in [5.41, 5.74) is 0.510. The molecule has 114 valence electrons. The average Bonchev–Trinajstić information content (AvgIpc) is 2.63. The molecule has 1 aromatic rings. The Morgan fingerprint density at radius 3 is 2.76 bits per heavy atom. The Morgan fingerprint density at radius 2 is 2.10 bits per heavy atom. The quantitative estimate of drug-likeness (QED) is 0.674. The van der Waals surface area contributed by atoms with Gasteiger partial charge in [0.15, 0.2) is 0 Å². The smallest absolute Gasteiger partial charge is 0.317 e. The van der Waals surface area contributed by atoms with Crippen molar-refractivity contribution in [3.8, 4) is 0 Å². The first-order valence-corrected chi connectivity index (χ1v) is 6.98. The molecular weight excluding hydrogens is 298 g/mol. The third-order valence-corrected chi connectivity index (χ3v) is 3.66. The van der Waals surface area contributed by atoms with Gasteiger partial charge >= 0.3 is 5.97 Å². The molecule has 0 unspecified atom stereocenters. The predicted octanol–water partition coefficient (Wildman–Crippen LogP) is 1.84. The fourth-order valence-corrected chi connectivity index (χ4v) is 2.64. The van der Waals surface area contributed by atoms with Gasteiger partial charge in [0.25, 0.3) is 5.69 Å². The highest BCUT2D eigenvalue weighted by Gasteiger charge is 2.23. The number of benzene rings is 1. The van der Waals surface area contributed by atoms with Crippen LogP contribution in [0.1, 0.15) is 6.42 Å². The molecule has 1 aromatic carbocycles. The highest BCUT2D eigenvalue weighted by atomic mass is 35.5. The summed E-state index contributed by atoms with van der Waals surface area (Å²) in [6.07, 6.45) is 0.757. The molecular formula is C13H16ClN3O4. The molecule has 1 aliphatic heterocycles. The molecule has 0 saturated carbocycles. The molecule has 0 radical (unpaired) electrons. The molecule has 0 aromatic heterocycles. The van der Waals surface area contributed by atoms with Crippen LogP contribution < -0.4 is 4.90 Å². The van der Waals surface area contributed by atoms with Gasteiger partial charge in [-0.1, -0.05) is 11.6 Å². The molecule has 0 amide bonds. The van der Waals surface area contributed by atoms with Crippen LogP contribution in [0.4, 0.5) is 11.4 Å². The van der Waals surface area contributed by atoms with Crippen molar-refractivity contribution in [2.24, 2.45) is 0 Å². The first kappa shape index (κ1) is 15.5. The zero-order chi connectivity index (χ0) is 15.4. The van der Waals surface area contributed by atoms with Gasteiger partial charge in [0.2, 0.25) is 0 Å². The number of nitrogens with zero attached hydrogens (tertiary/aromatic N) is 3. The summed E-state index contributed by atoms with van der Waals surface area (Å²) < 4.78 is 0. The zero-order valence-electron chi connectivity index (χ0n) is 11.4. The lowest BCUT2D eigenvalue weighted by Gasteiger charge is -2.23. The number of carbonyl (C=O) groups is 1. The fraction of sp³-hybridized carbons (Fsp3) is 0.462. The second kappa shape index (κ2) is 6.73. The van der Waals surface area contributed by atoms with E-state index < -0.39 is 10.9 Å². The molecule has 1 saturated heterocycles. The highest BCUT2D eigenvalue weighted by molar-refractivity contribution is 6.30. The molecule has 1 N–H and O–H groups in total. The molecule has 1 aliphatic rings. The van der Waals surface area contributed by atoms with Gasteiger partial charge in [-0.2, -0.15) is 0 Å². The molecule has 0 spiro atoms. The van der Waals surface area contributed by atoms with E-state index in [1.165, 1.54) is 6.07 Å². The van der Waals surface area contributed by atoms with E-state index in [-0.39, 0.29) is 12.2 Å². The maximum absolute atomic E-state index is 11.1. The molecule has 0 atom stereocenters. The summed E-state index contributed by atoms with van der Waals surface area (Å²) >= 11 is 5.82. The lowest BCUT2D eigenvalue weighted by Crippen LogP contribution is -2.34. The Hall–Kier alpha value is -1.86. The molecule has 2 rings (SSSR count). The van der Waals surface area contributed by atoms with Crippen LogP contribution in [0.5, 0.6) is 0 Å². The van der Waals surface area contributed by atoms with Gasteiger partial charge in [0, 0.05) is 37.3 Å². The van der Waals surface area contributed by atoms with E-state index in [0.29, 0.717) is 36.9 Å². The van der Waals surface area contributed by atoms with Crippen LogP contribution in [0.25, 0.3) is 0 Å². The van der Waals surface area contributed by atoms with E-state index in [0.717, 1.165) is 6.42 Å². The number of nitro benzene ring substituents is 1. The number of aliphatic carboxylic acids is 1. The Bertz CT molecular complexity index is 552. The van der Waals surface area contributed by atoms with E-state index >= 15 is 0 Å². The number of carboxylic acids is 1. The van der Waals surface area contributed by atoms with Crippen LogP contribution in [0.15, 0.2) is 18.2 Å². The van der Waals surface area contributed by atoms with Crippen LogP contribution in [0.2, 0.25) is 5.02 Å². The van der Waals surface area contributed by atoms with Gasteiger partial charge in [-0.3, -0.25) is 19.8 Å². The maximum atomic E-state index is 11.1. The standard InChI is InChI=1S/C13H16ClN3O4/c14-10-2-3-11(12(8-10)17(20)21)16-5-1-4-15(6-7-16)9-13(18)19/h2-3,8H,1,4-7,9H2,(H,18,19). The van der Waals surface area contributed by atoms with Crippen molar-refractivity contribution >= 4 is 28.9 Å². The minimum atomic E-state index is -0.860. The van der Waals surface area contributed by atoms with Crippen LogP contribution in [0.3, 0.4) is 0 Å². The number of anilines is 1. The van der Waals surface area contributed by atoms with Crippen molar-refractivity contribution in [1.82, 2.24) is 4.90 Å². The molecule has 0 aliphatic carbocycles. The van der Waals surface area contributed by atoms with Crippen molar-refractivity contribution in [3.63, 3.8) is 0 Å². The molecule has 0 bridgehead atoms. The number of carboxylic acid groups (broad SMARTS) is 1. The van der Waals surface area contributed by atoms with Crippen LogP contribution in [-0.4, -0.2) is 53.6 Å². The summed E-state index contributed by atoms with van der Waals surface area (Å²) in [5.74, 6) is -0.860. The third kappa shape index (κ3) is 4.05. The minimum absolute atomic E-state index is 0.00342. The van der Waals surface area contributed by atoms with Crippen molar-refractivity contribution < 1.29 is 14.8 Å². The molecule has 21 heavy (non-hydrogen) atoms. The van der Waals surface area contributed by atoms with E-state index in [1.807, 2.05) is 9.80 Å². The SMILES string of the molecule is O=C(O)CN1CCCN(c2ccc(Cl)cc2[N+](=O)[O-])CC1. The first-order valence-electron chi connectivity index (χ1n) is 6.60. The summed E-state index contributed by atoms with van der Waals surface area (Å²) in [7, 11) is 0. The second-order valence-electron chi connectivity index (χ2n) is 4.90. The molecule has 7 nitrogen and oxygen atoms in total. The minimum Gasteiger partial charge on any atom is -0.480 e. The Labute approximate surface area is 126 Å². The Balaban J connectivity index is 2.15. The summed E-state index contributed by atoms with van der Waals surface area (Å²) in [6.45, 7) is 2.43. The maximum Gasteiger partial charge on any atom is 0.317 e. The zero-order valence-corrected chi connectivity index (χ0v) is 12.1. The highest BCUT2D eigenvalue weighted by Crippen LogP contribution is 2.31. The lowest BCUT2D eigenvalue weighted by atomic mass is 10.2. The van der Waals surface area contributed by atoms with Gasteiger partial charge in [-0.15, -0.1) is 0 Å². The van der Waals surface area contributed by atoms with E-state index in [2.05, 4.69) is 0 Å². The predicted molar refractivity (Wildman–Crippen MR) is 79.0 cm³/mol. The van der Waals surface area contributed by atoms with Crippen molar-refractivity contribution in [2.45, 2.75) is 6.42 Å². The molecule has 1 fully saturated rings. The van der Waals surface area contributed by atoms with Gasteiger partial charge in [-0.05, 0) is 18.6 Å². The van der Waals surface area contributed by atoms with Gasteiger partial charge in [0.1, 0.15) is 5.69 Å². The normalized spacial score (nSPS) is 16.5. The summed E-state index contributed by atoms with van der Waals surface area (Å²) in [5, 5.41) is 20.3. The lowest BCUT2D eigenvalue weighted by molar-refractivity contribution is -0.384. The van der Waals surface area contributed by atoms with E-state index in [1.54, 1.807) is 12.1 Å². The third-order valence-electron chi connectivity index (χ3n) is 3.42. The van der Waals surface area contributed by atoms with Crippen LogP contribution >= 0.6 is 11.6 Å². The number of halogens is 1. The summed E-state index contributed by atoms with van der Waals surface area (Å²) in [4.78, 5) is 25.2. The van der Waals surface area contributed by atoms with Crippen LogP contribution in [-0.2, 0) is 4.79 Å². The van der Waals surface area contributed by atoms with Crippen molar-refractivity contribution in [3.05, 3.63) is 33.3 Å². The number of hydrogen-bond acceptors (Lipinski definition) is 5. The van der Waals surface area contributed by atoms with Crippen LogP contribution in [0, 0.1) is 10.1 Å². The van der Waals surface area contributed by atoms with E-state index in [9.17, 15) is 14.9 Å². The van der Waals surface area contributed by atoms with Gasteiger partial charge in [0.05, 0.1) is 11.5 Å². The fourth-order valence-electron chi connectivity index (χ4n) is 2.47. The monoisotopic (exact) mass is 313 g/mol.